The number of thiophene rings is 1. The van der Waals surface area contributed by atoms with Crippen molar-refractivity contribution in [2.75, 3.05) is 11.6 Å². The van der Waals surface area contributed by atoms with Crippen LogP contribution in [0.25, 0.3) is 0 Å². The van der Waals surface area contributed by atoms with Crippen molar-refractivity contribution in [3.63, 3.8) is 0 Å². The molecular weight excluding hydrogens is 268 g/mol. The summed E-state index contributed by atoms with van der Waals surface area (Å²) in [5, 5.41) is 14.1. The Balaban J connectivity index is 2.04. The number of para-hydroxylation sites is 1. The Morgan fingerprint density at radius 1 is 1.33 bits per heavy atom. The topological polar surface area (TPSA) is 55.2 Å². The van der Waals surface area contributed by atoms with E-state index < -0.39 is 0 Å². The first-order valence-corrected chi connectivity index (χ1v) is 7.35. The van der Waals surface area contributed by atoms with Gasteiger partial charge in [0, 0.05) is 28.1 Å². The third-order valence-corrected chi connectivity index (χ3v) is 4.22. The standard InChI is InChI=1S/C12H12N2O2S2/c1-17-11-5-3-2-4-10(11)13-8-9-6-7-12(18-9)14(15)16/h2-7,13H,8H2,1H3. The largest absolute Gasteiger partial charge is 0.379 e. The van der Waals surface area contributed by atoms with Gasteiger partial charge in [-0.25, -0.2) is 0 Å². The predicted octanol–water partition coefficient (Wildman–Crippen LogP) is 3.99. The van der Waals surface area contributed by atoms with Gasteiger partial charge in [0.15, 0.2) is 0 Å². The molecule has 94 valence electrons. The lowest BCUT2D eigenvalue weighted by molar-refractivity contribution is -0.380. The molecule has 6 heteroatoms. The summed E-state index contributed by atoms with van der Waals surface area (Å²) in [5.74, 6) is 0. The SMILES string of the molecule is CSc1ccccc1NCc1ccc([N+](=O)[O-])s1. The molecule has 2 aromatic rings. The van der Waals surface area contributed by atoms with Crippen molar-refractivity contribution in [1.29, 1.82) is 0 Å². The molecule has 0 atom stereocenters. The van der Waals surface area contributed by atoms with Gasteiger partial charge in [-0.05, 0) is 24.5 Å². The quantitative estimate of drug-likeness (QED) is 0.511. The van der Waals surface area contributed by atoms with Crippen molar-refractivity contribution in [3.8, 4) is 0 Å². The second kappa shape index (κ2) is 5.88. The minimum atomic E-state index is -0.357. The number of nitrogens with one attached hydrogen (secondary N) is 1. The van der Waals surface area contributed by atoms with Gasteiger partial charge in [-0.1, -0.05) is 23.5 Å². The van der Waals surface area contributed by atoms with E-state index in [0.717, 1.165) is 10.6 Å². The average Bonchev–Trinajstić information content (AvgIpc) is 2.85. The Kier molecular flexibility index (Phi) is 4.22. The molecule has 0 fully saturated rings. The van der Waals surface area contributed by atoms with Crippen molar-refractivity contribution < 1.29 is 4.92 Å². The van der Waals surface area contributed by atoms with E-state index in [1.54, 1.807) is 23.9 Å². The van der Waals surface area contributed by atoms with Crippen LogP contribution in [0.1, 0.15) is 4.88 Å². The Hall–Kier alpha value is -1.53. The predicted molar refractivity (Wildman–Crippen MR) is 76.5 cm³/mol. The zero-order valence-electron chi connectivity index (χ0n) is 9.75. The molecule has 0 saturated heterocycles. The summed E-state index contributed by atoms with van der Waals surface area (Å²) >= 11 is 2.88. The lowest BCUT2D eigenvalue weighted by Gasteiger charge is -2.08. The van der Waals surface area contributed by atoms with Gasteiger partial charge >= 0.3 is 5.00 Å². The van der Waals surface area contributed by atoms with Crippen LogP contribution >= 0.6 is 23.1 Å². The van der Waals surface area contributed by atoms with Crippen LogP contribution in [0.3, 0.4) is 0 Å². The summed E-state index contributed by atoms with van der Waals surface area (Å²) in [6, 6.07) is 11.4. The number of nitro groups is 1. The Bertz CT molecular complexity index is 555. The molecule has 1 N–H and O–H groups in total. The summed E-state index contributed by atoms with van der Waals surface area (Å²) in [5.41, 5.74) is 1.06. The zero-order valence-corrected chi connectivity index (χ0v) is 11.4. The molecule has 4 nitrogen and oxygen atoms in total. The summed E-state index contributed by atoms with van der Waals surface area (Å²) in [7, 11) is 0. The third kappa shape index (κ3) is 3.02. The zero-order chi connectivity index (χ0) is 13.0. The van der Waals surface area contributed by atoms with E-state index >= 15 is 0 Å². The number of anilines is 1. The molecule has 0 unspecified atom stereocenters. The fourth-order valence-electron chi connectivity index (χ4n) is 1.53. The number of rotatable bonds is 5. The van der Waals surface area contributed by atoms with Crippen LogP contribution in [0.5, 0.6) is 0 Å². The van der Waals surface area contributed by atoms with Crippen molar-refractivity contribution in [2.24, 2.45) is 0 Å². The van der Waals surface area contributed by atoms with E-state index in [-0.39, 0.29) is 9.92 Å². The first-order valence-electron chi connectivity index (χ1n) is 5.30. The third-order valence-electron chi connectivity index (χ3n) is 2.39. The van der Waals surface area contributed by atoms with E-state index in [1.807, 2.05) is 30.5 Å². The average molecular weight is 280 g/mol. The van der Waals surface area contributed by atoms with Crippen molar-refractivity contribution in [1.82, 2.24) is 0 Å². The molecule has 0 bridgehead atoms. The maximum Gasteiger partial charge on any atom is 0.324 e. The van der Waals surface area contributed by atoms with Crippen LogP contribution in [0, 0.1) is 10.1 Å². The van der Waals surface area contributed by atoms with Crippen LogP contribution in [0.15, 0.2) is 41.3 Å². The Morgan fingerprint density at radius 3 is 2.78 bits per heavy atom. The molecule has 1 aromatic heterocycles. The van der Waals surface area contributed by atoms with Gasteiger partial charge in [-0.2, -0.15) is 0 Å². The normalized spacial score (nSPS) is 10.3. The second-order valence-electron chi connectivity index (χ2n) is 3.55. The number of benzene rings is 1. The number of hydrogen-bond donors (Lipinski definition) is 1. The summed E-state index contributed by atoms with van der Waals surface area (Å²) in [6.07, 6.45) is 2.02. The lowest BCUT2D eigenvalue weighted by Crippen LogP contribution is -1.98. The summed E-state index contributed by atoms with van der Waals surface area (Å²) in [4.78, 5) is 12.4. The molecule has 0 aliphatic rings. The van der Waals surface area contributed by atoms with E-state index in [4.69, 9.17) is 0 Å². The van der Waals surface area contributed by atoms with Gasteiger partial charge in [-0.15, -0.1) is 11.8 Å². The van der Waals surface area contributed by atoms with E-state index in [1.165, 1.54) is 16.2 Å². The van der Waals surface area contributed by atoms with Gasteiger partial charge in [0.1, 0.15) is 0 Å². The summed E-state index contributed by atoms with van der Waals surface area (Å²) < 4.78 is 0. The summed E-state index contributed by atoms with van der Waals surface area (Å²) in [6.45, 7) is 0.607. The van der Waals surface area contributed by atoms with Crippen LogP contribution in [0.2, 0.25) is 0 Å². The highest BCUT2D eigenvalue weighted by Crippen LogP contribution is 2.27. The van der Waals surface area contributed by atoms with Crippen molar-refractivity contribution in [3.05, 3.63) is 51.4 Å². The molecule has 1 aromatic carbocycles. The highest BCUT2D eigenvalue weighted by molar-refractivity contribution is 7.98. The molecule has 0 aliphatic carbocycles. The van der Waals surface area contributed by atoms with Crippen LogP contribution in [-0.4, -0.2) is 11.2 Å². The molecule has 2 rings (SSSR count). The highest BCUT2D eigenvalue weighted by Gasteiger charge is 2.09. The van der Waals surface area contributed by atoms with Crippen LogP contribution < -0.4 is 5.32 Å². The Morgan fingerprint density at radius 2 is 2.11 bits per heavy atom. The van der Waals surface area contributed by atoms with Crippen LogP contribution in [0.4, 0.5) is 10.7 Å². The number of thioether (sulfide) groups is 1. The monoisotopic (exact) mass is 280 g/mol. The molecule has 0 saturated carbocycles. The second-order valence-corrected chi connectivity index (χ2v) is 5.55. The Labute approximate surface area is 113 Å². The fraction of sp³-hybridized carbons (Fsp3) is 0.167. The molecule has 0 spiro atoms. The van der Waals surface area contributed by atoms with E-state index in [2.05, 4.69) is 5.32 Å². The van der Waals surface area contributed by atoms with Gasteiger partial charge in [0.2, 0.25) is 0 Å². The molecule has 1 heterocycles. The number of hydrogen-bond acceptors (Lipinski definition) is 5. The smallest absolute Gasteiger partial charge is 0.324 e. The highest BCUT2D eigenvalue weighted by atomic mass is 32.2. The van der Waals surface area contributed by atoms with Crippen molar-refractivity contribution >= 4 is 33.8 Å². The minimum Gasteiger partial charge on any atom is -0.379 e. The molecule has 18 heavy (non-hydrogen) atoms. The van der Waals surface area contributed by atoms with Gasteiger partial charge < -0.3 is 5.32 Å². The van der Waals surface area contributed by atoms with Crippen LogP contribution in [-0.2, 0) is 6.54 Å². The molecule has 0 amide bonds. The first kappa shape index (κ1) is 12.9. The van der Waals surface area contributed by atoms with Gasteiger partial charge in [-0.3, -0.25) is 10.1 Å². The number of nitrogens with zero attached hydrogens (tertiary/aromatic N) is 1. The lowest BCUT2D eigenvalue weighted by atomic mass is 10.3. The van der Waals surface area contributed by atoms with E-state index in [9.17, 15) is 10.1 Å². The molecule has 0 aliphatic heterocycles. The maximum absolute atomic E-state index is 10.6. The maximum atomic E-state index is 10.6. The molecule has 0 radical (unpaired) electrons. The van der Waals surface area contributed by atoms with Gasteiger partial charge in [0.05, 0.1) is 4.92 Å². The fourth-order valence-corrected chi connectivity index (χ4v) is 2.87. The van der Waals surface area contributed by atoms with Crippen molar-refractivity contribution in [2.45, 2.75) is 11.4 Å². The first-order chi connectivity index (χ1) is 8.70. The molecular formula is C12H12N2O2S2. The van der Waals surface area contributed by atoms with Gasteiger partial charge in [0.25, 0.3) is 0 Å². The minimum absolute atomic E-state index is 0.185. The van der Waals surface area contributed by atoms with E-state index in [0.29, 0.717) is 6.54 Å².